The van der Waals surface area contributed by atoms with Gasteiger partial charge in [0.15, 0.2) is 0 Å². The highest BCUT2D eigenvalue weighted by Crippen LogP contribution is 2.37. The molecule has 0 unspecified atom stereocenters. The zero-order valence-corrected chi connectivity index (χ0v) is 45.0. The number of anilines is 2. The molecule has 11 rings (SSSR count). The molecule has 5 heterocycles. The molecule has 3 amide bonds. The number of hydrogen-bond donors (Lipinski definition) is 4. The standard InChI is InChI=1S/C26H21ClF2N4O3.C16H13ClF2N2O.C13H12N4O2.2ClH/c1-14-3-2-10-33-12-16(30-24(14)33)13-36-26(35)32-22-9-6-17-18(5-8-21(29)23(17)22)25(34)31-15-4-7-20(28)19(27)11-15;17-11-7-8(1-4-12(11)18)21-16(22)10-2-5-13(19)15-9(10)3-6-14(15)20;1-10-3-2-5-16-7-11(15-12(10)16)8-19-13(18)17-6-4-14-9-17;;/h2-5,7-8,10-12,22H,6,9,13H2,1H3,(H,31,34)(H,32,35);1-2,4-5,7,14H,3,6,20H2,(H,21,22);2-7,9H,8H2,1H3;2*1H/t22-;14-;;;/m00.../s1. The lowest BCUT2D eigenvalue weighted by molar-refractivity contribution is 0.101. The Kier molecular flexibility index (Phi) is 19.0. The maximum atomic E-state index is 14.8. The summed E-state index contributed by atoms with van der Waals surface area (Å²) in [5.74, 6) is -2.96. The van der Waals surface area contributed by atoms with Crippen molar-refractivity contribution in [3.8, 4) is 0 Å². The number of fused-ring (bicyclic) bond motifs is 4. The number of hydrogen-bond acceptors (Lipinski definition) is 10. The molecule has 0 fully saturated rings. The summed E-state index contributed by atoms with van der Waals surface area (Å²) in [7, 11) is 0. The van der Waals surface area contributed by atoms with Crippen LogP contribution in [0.3, 0.4) is 0 Å². The van der Waals surface area contributed by atoms with Crippen LogP contribution in [-0.2, 0) is 35.5 Å². The number of nitrogens with zero attached hydrogens (tertiary/aromatic N) is 6. The molecule has 4 aromatic carbocycles. The third kappa shape index (κ3) is 13.5. The Hall–Kier alpha value is -8.01. The average molecular weight is 1160 g/mol. The maximum absolute atomic E-state index is 14.8. The van der Waals surface area contributed by atoms with Crippen molar-refractivity contribution in [1.29, 1.82) is 0 Å². The molecule has 0 saturated carbocycles. The molecule has 0 bridgehead atoms. The van der Waals surface area contributed by atoms with Crippen LogP contribution in [0, 0.1) is 37.1 Å². The molecular weight excluding hydrogens is 1110 g/mol. The minimum absolute atomic E-state index is 0. The Labute approximate surface area is 471 Å². The SMILES string of the molecule is Cc1cccn2cc(COC(=O)N[C@H]3CCc4c(C(=O)Nc5ccc(F)c(Cl)c5)ccc(F)c43)nc12.Cc1cccn2cc(COC(=O)n3ccnc3)nc12.Cl.Cl.N[C@H]1CCc2c(C(=O)Nc3ccc(F)c(Cl)c3)ccc(F)c21. The lowest BCUT2D eigenvalue weighted by Gasteiger charge is -2.16. The number of halogens is 8. The third-order valence-corrected chi connectivity index (χ3v) is 13.3. The van der Waals surface area contributed by atoms with Crippen LogP contribution < -0.4 is 21.7 Å². The Morgan fingerprint density at radius 2 is 1.15 bits per heavy atom. The summed E-state index contributed by atoms with van der Waals surface area (Å²) < 4.78 is 70.7. The summed E-state index contributed by atoms with van der Waals surface area (Å²) in [6.07, 6.45) is 12.6. The monoisotopic (exact) mass is 1160 g/mol. The Balaban J connectivity index is 0.000000181. The summed E-state index contributed by atoms with van der Waals surface area (Å²) >= 11 is 11.5. The van der Waals surface area contributed by atoms with Gasteiger partial charge in [0, 0.05) is 76.9 Å². The summed E-state index contributed by atoms with van der Waals surface area (Å²) in [5, 5.41) is 7.78. The van der Waals surface area contributed by atoms with E-state index >= 15 is 0 Å². The van der Waals surface area contributed by atoms with Crippen LogP contribution in [0.1, 0.15) is 90.4 Å². The van der Waals surface area contributed by atoms with Gasteiger partial charge in [0.05, 0.1) is 27.5 Å². The van der Waals surface area contributed by atoms with Crippen molar-refractivity contribution in [3.63, 3.8) is 0 Å². The first kappa shape index (κ1) is 58.7. The van der Waals surface area contributed by atoms with Gasteiger partial charge >= 0.3 is 12.2 Å². The summed E-state index contributed by atoms with van der Waals surface area (Å²) in [5.41, 5.74) is 14.0. The number of carbonyl (C=O) groups excluding carboxylic acids is 4. The number of ether oxygens (including phenoxy) is 2. The van der Waals surface area contributed by atoms with Gasteiger partial charge in [-0.15, -0.1) is 24.8 Å². The van der Waals surface area contributed by atoms with Gasteiger partial charge in [0.1, 0.15) is 54.1 Å². The van der Waals surface area contributed by atoms with Crippen LogP contribution >= 0.6 is 48.0 Å². The molecule has 24 heteroatoms. The number of nitrogens with one attached hydrogen (secondary N) is 3. The second-order valence-corrected chi connectivity index (χ2v) is 18.7. The van der Waals surface area contributed by atoms with Gasteiger partial charge in [0.2, 0.25) is 0 Å². The van der Waals surface area contributed by atoms with E-state index in [4.69, 9.17) is 38.4 Å². The van der Waals surface area contributed by atoms with E-state index in [9.17, 15) is 36.7 Å². The Bertz CT molecular complexity index is 3730. The molecule has 2 aliphatic rings. The molecule has 0 spiro atoms. The molecular formula is C55H48Cl4F4N10O6. The van der Waals surface area contributed by atoms with Gasteiger partial charge in [-0.2, -0.15) is 0 Å². The zero-order valence-electron chi connectivity index (χ0n) is 41.8. The lowest BCUT2D eigenvalue weighted by Crippen LogP contribution is -2.28. The van der Waals surface area contributed by atoms with E-state index in [-0.39, 0.29) is 71.1 Å². The Morgan fingerprint density at radius 3 is 1.66 bits per heavy atom. The van der Waals surface area contributed by atoms with Crippen molar-refractivity contribution < 1.29 is 46.2 Å². The van der Waals surface area contributed by atoms with Gasteiger partial charge in [-0.3, -0.25) is 9.59 Å². The number of imidazole rings is 3. The molecule has 16 nitrogen and oxygen atoms in total. The summed E-state index contributed by atoms with van der Waals surface area (Å²) in [6.45, 7) is 4.02. The summed E-state index contributed by atoms with van der Waals surface area (Å²) in [6, 6.07) is 19.7. The molecule has 0 radical (unpaired) electrons. The zero-order chi connectivity index (χ0) is 54.5. The van der Waals surface area contributed by atoms with E-state index in [0.717, 1.165) is 28.5 Å². The largest absolute Gasteiger partial charge is 0.443 e. The minimum Gasteiger partial charge on any atom is -0.443 e. The van der Waals surface area contributed by atoms with Crippen molar-refractivity contribution in [3.05, 3.63) is 218 Å². The van der Waals surface area contributed by atoms with Crippen LogP contribution in [0.25, 0.3) is 11.3 Å². The van der Waals surface area contributed by atoms with Gasteiger partial charge in [-0.1, -0.05) is 35.3 Å². The average Bonchev–Trinajstić information content (AvgIpc) is 4.37. The number of aromatic nitrogens is 6. The highest BCUT2D eigenvalue weighted by atomic mass is 35.5. The van der Waals surface area contributed by atoms with E-state index in [1.807, 2.05) is 65.5 Å². The Morgan fingerprint density at radius 1 is 0.658 bits per heavy atom. The molecule has 5 aromatic heterocycles. The van der Waals surface area contributed by atoms with Crippen molar-refractivity contribution in [2.75, 3.05) is 10.6 Å². The molecule has 5 N–H and O–H groups in total. The quantitative estimate of drug-likeness (QED) is 0.101. The number of benzene rings is 4. The van der Waals surface area contributed by atoms with Gasteiger partial charge in [-0.25, -0.2) is 46.7 Å². The number of nitrogens with two attached hydrogens (primary N) is 1. The van der Waals surface area contributed by atoms with Crippen LogP contribution in [-0.4, -0.2) is 52.3 Å². The number of pyridine rings is 2. The fraction of sp³-hybridized carbons (Fsp3) is 0.182. The van der Waals surface area contributed by atoms with Crippen LogP contribution in [0.5, 0.6) is 0 Å². The highest BCUT2D eigenvalue weighted by Gasteiger charge is 2.32. The van der Waals surface area contributed by atoms with Crippen molar-refractivity contribution in [2.24, 2.45) is 5.73 Å². The number of aryl methyl sites for hydroxylation is 2. The van der Waals surface area contributed by atoms with Gasteiger partial charge in [-0.05, 0) is 135 Å². The van der Waals surface area contributed by atoms with Crippen molar-refractivity contribution in [2.45, 2.75) is 64.8 Å². The molecule has 2 aliphatic carbocycles. The topological polar surface area (TPSA) is 201 Å². The minimum atomic E-state index is -0.711. The third-order valence-electron chi connectivity index (χ3n) is 12.7. The molecule has 2 atom stereocenters. The smallest absolute Gasteiger partial charge is 0.419 e. The molecule has 410 valence electrons. The fourth-order valence-electron chi connectivity index (χ4n) is 9.03. The summed E-state index contributed by atoms with van der Waals surface area (Å²) in [4.78, 5) is 62.0. The molecule has 0 aliphatic heterocycles. The second-order valence-electron chi connectivity index (χ2n) is 17.9. The van der Waals surface area contributed by atoms with E-state index < -0.39 is 47.5 Å². The maximum Gasteiger partial charge on any atom is 0.419 e. The predicted octanol–water partition coefficient (Wildman–Crippen LogP) is 12.4. The van der Waals surface area contributed by atoms with Crippen LogP contribution in [0.4, 0.5) is 38.5 Å². The molecule has 79 heavy (non-hydrogen) atoms. The van der Waals surface area contributed by atoms with E-state index in [1.54, 1.807) is 6.20 Å². The number of alkyl carbamates (subject to hydrolysis) is 1. The number of amides is 3. The van der Waals surface area contributed by atoms with Crippen LogP contribution in [0.15, 0.2) is 128 Å². The second kappa shape index (κ2) is 25.6. The first-order chi connectivity index (χ1) is 37.0. The number of rotatable bonds is 9. The first-order valence-corrected chi connectivity index (χ1v) is 24.6. The normalized spacial score (nSPS) is 13.8. The lowest BCUT2D eigenvalue weighted by atomic mass is 10.0. The fourth-order valence-corrected chi connectivity index (χ4v) is 9.39. The van der Waals surface area contributed by atoms with E-state index in [1.165, 1.54) is 77.9 Å². The van der Waals surface area contributed by atoms with Crippen LogP contribution in [0.2, 0.25) is 10.0 Å². The predicted molar refractivity (Wildman–Crippen MR) is 293 cm³/mol. The number of carbonyl (C=O) groups is 4. The van der Waals surface area contributed by atoms with E-state index in [2.05, 4.69) is 30.9 Å². The van der Waals surface area contributed by atoms with Gasteiger partial charge in [0.25, 0.3) is 11.8 Å². The van der Waals surface area contributed by atoms with Crippen molar-refractivity contribution in [1.82, 2.24) is 33.6 Å². The first-order valence-electron chi connectivity index (χ1n) is 23.9. The van der Waals surface area contributed by atoms with Crippen molar-refractivity contribution >= 4 is 94.7 Å². The molecule has 9 aromatic rings. The van der Waals surface area contributed by atoms with E-state index in [0.29, 0.717) is 70.7 Å². The highest BCUT2D eigenvalue weighted by molar-refractivity contribution is 6.31. The molecule has 0 saturated heterocycles. The van der Waals surface area contributed by atoms with Gasteiger partial charge < -0.3 is 40.0 Å².